The second kappa shape index (κ2) is 10.6. The van der Waals surface area contributed by atoms with Crippen molar-refractivity contribution >= 4 is 52.9 Å². The molecule has 0 spiro atoms. The molecular formula is C20H21F2N10O10PS. The first-order valence-corrected chi connectivity index (χ1v) is 15.7. The predicted octanol–water partition coefficient (Wildman–Crippen LogP) is -0.805. The molecule has 0 radical (unpaired) electrons. The van der Waals surface area contributed by atoms with E-state index in [1.54, 1.807) is 0 Å². The van der Waals surface area contributed by atoms with Crippen LogP contribution in [0, 0.1) is 0 Å². The fraction of sp³-hybridized carbons (Fsp3) is 0.550. The third-order valence-electron chi connectivity index (χ3n) is 7.22. The fourth-order valence-electron chi connectivity index (χ4n) is 5.19. The van der Waals surface area contributed by atoms with Gasteiger partial charge < -0.3 is 20.1 Å². The van der Waals surface area contributed by atoms with Gasteiger partial charge in [0.15, 0.2) is 53.6 Å². The highest BCUT2D eigenvalue weighted by Crippen LogP contribution is 2.50. The van der Waals surface area contributed by atoms with E-state index in [-0.39, 0.29) is 34.9 Å². The van der Waals surface area contributed by atoms with Crippen LogP contribution in [0.1, 0.15) is 29.4 Å². The van der Waals surface area contributed by atoms with E-state index in [0.29, 0.717) is 0 Å². The van der Waals surface area contributed by atoms with Gasteiger partial charge in [-0.05, 0) is 0 Å². The molecule has 0 aromatic carbocycles. The van der Waals surface area contributed by atoms with Gasteiger partial charge in [0.2, 0.25) is 0 Å². The van der Waals surface area contributed by atoms with Crippen molar-refractivity contribution in [3.8, 4) is 0 Å². The van der Waals surface area contributed by atoms with E-state index in [0.717, 1.165) is 21.9 Å². The van der Waals surface area contributed by atoms with Gasteiger partial charge in [-0.25, -0.2) is 37.5 Å². The molecule has 0 bridgehead atoms. The molecule has 9 atom stereocenters. The molecule has 3 aromatic rings. The van der Waals surface area contributed by atoms with Gasteiger partial charge in [0.25, 0.3) is 0 Å². The van der Waals surface area contributed by atoms with Crippen molar-refractivity contribution in [3.63, 3.8) is 0 Å². The highest BCUT2D eigenvalue weighted by molar-refractivity contribution is 7.84. The molecule has 3 saturated heterocycles. The van der Waals surface area contributed by atoms with Gasteiger partial charge in [0.1, 0.15) is 36.3 Å². The van der Waals surface area contributed by atoms with Crippen molar-refractivity contribution in [3.05, 3.63) is 18.3 Å². The van der Waals surface area contributed by atoms with Crippen LogP contribution in [0.25, 0.3) is 11.2 Å². The number of phosphoric ester groups is 1. The van der Waals surface area contributed by atoms with Crippen molar-refractivity contribution in [2.75, 3.05) is 18.9 Å². The van der Waals surface area contributed by atoms with Crippen LogP contribution in [-0.4, -0.2) is 110 Å². The first kappa shape index (κ1) is 29.3. The number of nitrogen functional groups attached to an aromatic ring is 1. The molecule has 0 amide bonds. The first-order chi connectivity index (χ1) is 20.9. The number of carbonyl (C=O) groups excluding carboxylic acids is 1. The Hall–Kier alpha value is -3.41. The maximum atomic E-state index is 15.8. The second-order valence-corrected chi connectivity index (χ2v) is 12.7. The largest absolute Gasteiger partial charge is 0.472 e. The first-order valence-electron chi connectivity index (χ1n) is 12.8. The molecule has 7 rings (SSSR count). The number of nitrogens with one attached hydrogen (secondary N) is 1. The molecular weight excluding hydrogens is 641 g/mol. The zero-order chi connectivity index (χ0) is 31.0. The summed E-state index contributed by atoms with van der Waals surface area (Å²) < 4.78 is 101. The summed E-state index contributed by atoms with van der Waals surface area (Å²) in [5.41, 5.74) is 5.81. The Balaban J connectivity index is 1.16. The maximum Gasteiger partial charge on any atom is 0.472 e. The number of anilines is 1. The van der Waals surface area contributed by atoms with Gasteiger partial charge in [0.05, 0.1) is 12.9 Å². The zero-order valence-corrected chi connectivity index (χ0v) is 23.6. The van der Waals surface area contributed by atoms with E-state index in [1.165, 1.54) is 6.21 Å². The van der Waals surface area contributed by atoms with Gasteiger partial charge in [-0.3, -0.25) is 18.4 Å². The molecule has 4 N–H and O–H groups in total. The van der Waals surface area contributed by atoms with Crippen LogP contribution in [0.4, 0.5) is 20.4 Å². The molecule has 7 heterocycles. The van der Waals surface area contributed by atoms with Gasteiger partial charge in [-0.1, -0.05) is 5.21 Å². The Morgan fingerprint density at radius 2 is 1.89 bits per heavy atom. The average Bonchev–Trinajstić information content (AvgIpc) is 3.73. The lowest BCUT2D eigenvalue weighted by Crippen LogP contribution is -2.45. The Morgan fingerprint density at radius 3 is 2.70 bits per heavy atom. The summed E-state index contributed by atoms with van der Waals surface area (Å²) in [5.74, 6) is -0.586. The Labute approximate surface area is 244 Å². The number of rotatable bonds is 2. The number of Topliss-reactive ketones (excluding diaryl/α,β-unsaturated/α-hetero) is 1. The number of halogens is 2. The van der Waals surface area contributed by atoms with Gasteiger partial charge in [-0.15, -0.1) is 5.10 Å². The Morgan fingerprint density at radius 1 is 1.11 bits per heavy atom. The molecule has 0 saturated carbocycles. The number of fused-ring (bicyclic) bond motifs is 4. The number of hydrogen-bond donors (Lipinski definition) is 3. The van der Waals surface area contributed by atoms with E-state index in [4.69, 9.17) is 28.4 Å². The molecule has 1 unspecified atom stereocenters. The number of ketones is 1. The molecule has 0 aliphatic carbocycles. The normalized spacial score (nSPS) is 37.2. The van der Waals surface area contributed by atoms with Gasteiger partial charge >= 0.3 is 18.1 Å². The van der Waals surface area contributed by atoms with E-state index >= 15 is 8.78 Å². The predicted molar refractivity (Wildman–Crippen MR) is 137 cm³/mol. The lowest BCUT2D eigenvalue weighted by atomic mass is 10.1. The van der Waals surface area contributed by atoms with E-state index < -0.39 is 86.3 Å². The third-order valence-corrected chi connectivity index (χ3v) is 9.20. The van der Waals surface area contributed by atoms with Crippen LogP contribution >= 0.6 is 7.82 Å². The molecule has 236 valence electrons. The van der Waals surface area contributed by atoms with E-state index in [1.807, 2.05) is 4.72 Å². The molecule has 4 aliphatic rings. The number of aliphatic imine (C=N–C) groups is 1. The van der Waals surface area contributed by atoms with Crippen LogP contribution in [0.2, 0.25) is 0 Å². The topological polar surface area (TPSA) is 259 Å². The monoisotopic (exact) mass is 662 g/mol. The van der Waals surface area contributed by atoms with Crippen molar-refractivity contribution in [2.45, 2.75) is 55.6 Å². The lowest BCUT2D eigenvalue weighted by molar-refractivity contribution is -0.0548. The summed E-state index contributed by atoms with van der Waals surface area (Å²) >= 11 is 0. The number of ether oxygens (including phenoxy) is 2. The number of phosphoric acid groups is 1. The van der Waals surface area contributed by atoms with Crippen LogP contribution in [-0.2, 0) is 37.6 Å². The summed E-state index contributed by atoms with van der Waals surface area (Å²) in [7, 11) is -9.95. The molecule has 44 heavy (non-hydrogen) atoms. The highest BCUT2D eigenvalue weighted by Gasteiger charge is 2.54. The number of nitrogens with two attached hydrogens (primary N) is 1. The Bertz CT molecular complexity index is 1830. The smallest absolute Gasteiger partial charge is 0.382 e. The highest BCUT2D eigenvalue weighted by atomic mass is 32.2. The standard InChI is InChI=1S/C20H21F2N10O10PS/c21-10-14-8(39-19(10)31-6-27-13-16(23)25-5-26-17(13)31)3-28-44(36,37)42-15-9(4-38-43(34,35)41-14)40-20(11(15)22)32-18-12(29-30-32)7(33)1-2-24-18/h2,5-6,8-11,14-15,19-20,28H,1,3-4H2,(H,34,35)(H2,23,25,26)/t8-,9-,10-,11+,14-,15-,19-,20-/m1/s1. The maximum absolute atomic E-state index is 15.8. The summed E-state index contributed by atoms with van der Waals surface area (Å²) in [6, 6.07) is 0. The minimum atomic E-state index is -5.14. The summed E-state index contributed by atoms with van der Waals surface area (Å²) in [6.45, 7) is -1.70. The van der Waals surface area contributed by atoms with Crippen LogP contribution in [0.15, 0.2) is 17.6 Å². The summed E-state index contributed by atoms with van der Waals surface area (Å²) in [5, 5.41) is 7.40. The third kappa shape index (κ3) is 4.98. The quantitative estimate of drug-likeness (QED) is 0.284. The number of nitrogens with zero attached hydrogens (tertiary/aromatic N) is 8. The second-order valence-electron chi connectivity index (χ2n) is 9.94. The van der Waals surface area contributed by atoms with Crippen molar-refractivity contribution in [1.82, 2.24) is 39.2 Å². The van der Waals surface area contributed by atoms with Crippen molar-refractivity contribution in [2.24, 2.45) is 4.99 Å². The van der Waals surface area contributed by atoms with Gasteiger partial charge in [-0.2, -0.15) is 17.8 Å². The van der Waals surface area contributed by atoms with Crippen molar-refractivity contribution < 1.29 is 54.2 Å². The fourth-order valence-corrected chi connectivity index (χ4v) is 7.11. The van der Waals surface area contributed by atoms with Gasteiger partial charge in [0, 0.05) is 19.2 Å². The number of aromatic nitrogens is 7. The van der Waals surface area contributed by atoms with E-state index in [2.05, 4.69) is 30.3 Å². The van der Waals surface area contributed by atoms with E-state index in [9.17, 15) is 22.7 Å². The van der Waals surface area contributed by atoms with Crippen molar-refractivity contribution in [1.29, 1.82) is 0 Å². The molecule has 20 nitrogen and oxygen atoms in total. The van der Waals surface area contributed by atoms with Crippen LogP contribution in [0.5, 0.6) is 0 Å². The molecule has 4 aliphatic heterocycles. The molecule has 3 fully saturated rings. The molecule has 24 heteroatoms. The lowest BCUT2D eigenvalue weighted by Gasteiger charge is -2.26. The minimum Gasteiger partial charge on any atom is -0.382 e. The summed E-state index contributed by atoms with van der Waals surface area (Å²) in [4.78, 5) is 38.4. The van der Waals surface area contributed by atoms with Crippen LogP contribution < -0.4 is 10.5 Å². The SMILES string of the molecule is Nc1ncnc2c1ncn2[C@@H]1O[C@@H]2CNS(=O)(=O)O[C@H]3[C@H](F)[C@H](n4nnc5c4N=CCC5=O)O[C@@H]3COP(=O)(O)O[C@H]2[C@H]1F. The minimum absolute atomic E-state index is 0.00541. The summed E-state index contributed by atoms with van der Waals surface area (Å²) in [6.07, 6.45) is -11.3. The van der Waals surface area contributed by atoms with Crippen LogP contribution in [0.3, 0.4) is 0 Å². The Kier molecular flexibility index (Phi) is 7.06. The molecule has 3 aromatic heterocycles. The number of imidazole rings is 1. The zero-order valence-electron chi connectivity index (χ0n) is 21.9. The number of alkyl halides is 2. The number of hydrogen-bond acceptors (Lipinski definition) is 16. The average molecular weight is 662 g/mol. The number of carbonyl (C=O) groups is 1.